The number of halogens is 1. The van der Waals surface area contributed by atoms with E-state index < -0.39 is 0 Å². The number of carbonyl (C=O) groups is 1. The normalized spacial score (nSPS) is 13.7. The van der Waals surface area contributed by atoms with Crippen LogP contribution in [0.1, 0.15) is 21.5 Å². The quantitative estimate of drug-likeness (QED) is 0.537. The van der Waals surface area contributed by atoms with E-state index in [1.54, 1.807) is 68.8 Å². The molecule has 0 fully saturated rings. The number of hydrogen-bond acceptors (Lipinski definition) is 5. The SMILES string of the molecule is COc1ccc(OC)c(/C=C2\Oc3cc(OCc4ccc(F)cc4)ccc3C2=O)c1. The lowest BCUT2D eigenvalue weighted by molar-refractivity contribution is 0.101. The molecule has 6 heteroatoms. The first-order valence-electron chi connectivity index (χ1n) is 9.25. The van der Waals surface area contributed by atoms with E-state index in [9.17, 15) is 9.18 Å². The van der Waals surface area contributed by atoms with Crippen molar-refractivity contribution in [3.05, 3.63) is 88.9 Å². The molecule has 152 valence electrons. The number of methoxy groups -OCH3 is 2. The third-order valence-electron chi connectivity index (χ3n) is 4.68. The fourth-order valence-corrected chi connectivity index (χ4v) is 3.10. The molecule has 1 aliphatic heterocycles. The molecule has 4 rings (SSSR count). The molecule has 5 nitrogen and oxygen atoms in total. The molecule has 0 spiro atoms. The van der Waals surface area contributed by atoms with E-state index in [1.165, 1.54) is 12.1 Å². The van der Waals surface area contributed by atoms with Gasteiger partial charge in [-0.1, -0.05) is 12.1 Å². The second-order valence-corrected chi connectivity index (χ2v) is 6.62. The molecule has 1 heterocycles. The van der Waals surface area contributed by atoms with Gasteiger partial charge in [-0.2, -0.15) is 0 Å². The van der Waals surface area contributed by atoms with Gasteiger partial charge in [0, 0.05) is 11.6 Å². The van der Waals surface area contributed by atoms with Crippen LogP contribution in [-0.4, -0.2) is 20.0 Å². The molecule has 3 aromatic rings. The summed E-state index contributed by atoms with van der Waals surface area (Å²) in [5.41, 5.74) is 1.96. The molecule has 30 heavy (non-hydrogen) atoms. The van der Waals surface area contributed by atoms with E-state index in [2.05, 4.69) is 0 Å². The van der Waals surface area contributed by atoms with E-state index in [0.717, 1.165) is 5.56 Å². The van der Waals surface area contributed by atoms with Crippen LogP contribution in [0.25, 0.3) is 6.08 Å². The minimum absolute atomic E-state index is 0.187. The second kappa shape index (κ2) is 8.29. The summed E-state index contributed by atoms with van der Waals surface area (Å²) in [5.74, 6) is 1.87. The highest BCUT2D eigenvalue weighted by molar-refractivity contribution is 6.14. The fraction of sp³-hybridized carbons (Fsp3) is 0.125. The van der Waals surface area contributed by atoms with Crippen molar-refractivity contribution in [1.29, 1.82) is 0 Å². The number of ketones is 1. The van der Waals surface area contributed by atoms with Crippen LogP contribution in [0.4, 0.5) is 4.39 Å². The summed E-state index contributed by atoms with van der Waals surface area (Å²) >= 11 is 0. The first-order valence-corrected chi connectivity index (χ1v) is 9.25. The maximum atomic E-state index is 13.0. The summed E-state index contributed by atoms with van der Waals surface area (Å²) < 4.78 is 35.1. The Hall–Kier alpha value is -3.80. The molecular weight excluding hydrogens is 387 g/mol. The lowest BCUT2D eigenvalue weighted by Gasteiger charge is -2.08. The Bertz CT molecular complexity index is 1120. The molecule has 0 aliphatic carbocycles. The maximum Gasteiger partial charge on any atom is 0.231 e. The predicted molar refractivity (Wildman–Crippen MR) is 110 cm³/mol. The Balaban J connectivity index is 1.54. The van der Waals surface area contributed by atoms with E-state index in [4.69, 9.17) is 18.9 Å². The number of benzene rings is 3. The summed E-state index contributed by atoms with van der Waals surface area (Å²) in [6, 6.07) is 16.4. The summed E-state index contributed by atoms with van der Waals surface area (Å²) in [6.45, 7) is 0.275. The van der Waals surface area contributed by atoms with Gasteiger partial charge in [-0.05, 0) is 54.1 Å². The molecule has 3 aromatic carbocycles. The van der Waals surface area contributed by atoms with Crippen molar-refractivity contribution in [1.82, 2.24) is 0 Å². The smallest absolute Gasteiger partial charge is 0.231 e. The standard InChI is InChI=1S/C24H19FO5/c1-27-18-8-10-21(28-2)16(11-18)12-23-24(26)20-9-7-19(13-22(20)30-23)29-14-15-3-5-17(25)6-4-15/h3-13H,14H2,1-2H3/b23-12-. The van der Waals surface area contributed by atoms with Crippen LogP contribution >= 0.6 is 0 Å². The average Bonchev–Trinajstić information content (AvgIpc) is 3.08. The number of fused-ring (bicyclic) bond motifs is 1. The largest absolute Gasteiger partial charge is 0.497 e. The Morgan fingerprint density at radius 3 is 2.43 bits per heavy atom. The van der Waals surface area contributed by atoms with Crippen LogP contribution in [0, 0.1) is 5.82 Å². The molecule has 0 amide bonds. The third-order valence-corrected chi connectivity index (χ3v) is 4.68. The fourth-order valence-electron chi connectivity index (χ4n) is 3.10. The third kappa shape index (κ3) is 3.98. The Labute approximate surface area is 173 Å². The molecule has 0 saturated heterocycles. The van der Waals surface area contributed by atoms with Gasteiger partial charge in [0.2, 0.25) is 5.78 Å². The van der Waals surface area contributed by atoms with Gasteiger partial charge in [-0.3, -0.25) is 4.79 Å². The Morgan fingerprint density at radius 2 is 1.70 bits per heavy atom. The van der Waals surface area contributed by atoms with Crippen LogP contribution in [0.2, 0.25) is 0 Å². The number of Topliss-reactive ketones (excluding diaryl/α,β-unsaturated/α-hetero) is 1. The highest BCUT2D eigenvalue weighted by Gasteiger charge is 2.28. The van der Waals surface area contributed by atoms with Gasteiger partial charge in [0.15, 0.2) is 5.76 Å². The second-order valence-electron chi connectivity index (χ2n) is 6.62. The van der Waals surface area contributed by atoms with E-state index in [-0.39, 0.29) is 24.0 Å². The molecule has 0 atom stereocenters. The lowest BCUT2D eigenvalue weighted by atomic mass is 10.1. The average molecular weight is 406 g/mol. The van der Waals surface area contributed by atoms with Crippen LogP contribution in [0.3, 0.4) is 0 Å². The van der Waals surface area contributed by atoms with Gasteiger partial charge < -0.3 is 18.9 Å². The molecule has 1 aliphatic rings. The lowest BCUT2D eigenvalue weighted by Crippen LogP contribution is -1.99. The molecular formula is C24H19FO5. The summed E-state index contributed by atoms with van der Waals surface area (Å²) in [6.07, 6.45) is 1.63. The van der Waals surface area contributed by atoms with Gasteiger partial charge in [0.05, 0.1) is 19.8 Å². The zero-order valence-electron chi connectivity index (χ0n) is 16.5. The number of allylic oxidation sites excluding steroid dienone is 1. The van der Waals surface area contributed by atoms with Gasteiger partial charge in [-0.25, -0.2) is 4.39 Å². The van der Waals surface area contributed by atoms with Crippen molar-refractivity contribution in [2.45, 2.75) is 6.61 Å². The zero-order valence-corrected chi connectivity index (χ0v) is 16.5. The van der Waals surface area contributed by atoms with Crippen LogP contribution in [-0.2, 0) is 6.61 Å². The van der Waals surface area contributed by atoms with Crippen molar-refractivity contribution in [2.75, 3.05) is 14.2 Å². The summed E-state index contributed by atoms with van der Waals surface area (Å²) in [5, 5.41) is 0. The van der Waals surface area contributed by atoms with E-state index in [0.29, 0.717) is 34.1 Å². The first-order chi connectivity index (χ1) is 14.6. The molecule has 0 aromatic heterocycles. The Kier molecular flexibility index (Phi) is 5.39. The minimum Gasteiger partial charge on any atom is -0.497 e. The van der Waals surface area contributed by atoms with Crippen molar-refractivity contribution in [2.24, 2.45) is 0 Å². The monoisotopic (exact) mass is 406 g/mol. The first kappa shape index (κ1) is 19.5. The van der Waals surface area contributed by atoms with Gasteiger partial charge in [0.25, 0.3) is 0 Å². The van der Waals surface area contributed by atoms with Crippen LogP contribution < -0.4 is 18.9 Å². The zero-order chi connectivity index (χ0) is 21.1. The molecule has 0 unspecified atom stereocenters. The molecule has 0 N–H and O–H groups in total. The van der Waals surface area contributed by atoms with Crippen LogP contribution in [0.15, 0.2) is 66.4 Å². The maximum absolute atomic E-state index is 13.0. The van der Waals surface area contributed by atoms with Crippen molar-refractivity contribution >= 4 is 11.9 Å². The van der Waals surface area contributed by atoms with Gasteiger partial charge in [0.1, 0.15) is 35.4 Å². The highest BCUT2D eigenvalue weighted by Crippen LogP contribution is 2.36. The highest BCUT2D eigenvalue weighted by atomic mass is 19.1. The van der Waals surface area contributed by atoms with E-state index >= 15 is 0 Å². The van der Waals surface area contributed by atoms with Crippen LogP contribution in [0.5, 0.6) is 23.0 Å². The predicted octanol–water partition coefficient (Wildman–Crippen LogP) is 5.04. The topological polar surface area (TPSA) is 54.0 Å². The number of hydrogen-bond donors (Lipinski definition) is 0. The van der Waals surface area contributed by atoms with Gasteiger partial charge >= 0.3 is 0 Å². The van der Waals surface area contributed by atoms with Crippen molar-refractivity contribution in [3.63, 3.8) is 0 Å². The number of ether oxygens (including phenoxy) is 4. The molecule has 0 radical (unpaired) electrons. The molecule has 0 bridgehead atoms. The minimum atomic E-state index is -0.296. The summed E-state index contributed by atoms with van der Waals surface area (Å²) in [7, 11) is 3.12. The van der Waals surface area contributed by atoms with E-state index in [1.807, 2.05) is 0 Å². The molecule has 0 saturated carbocycles. The van der Waals surface area contributed by atoms with Gasteiger partial charge in [-0.15, -0.1) is 0 Å². The summed E-state index contributed by atoms with van der Waals surface area (Å²) in [4.78, 5) is 12.7. The number of carbonyl (C=O) groups excluding carboxylic acids is 1. The van der Waals surface area contributed by atoms with Crippen molar-refractivity contribution < 1.29 is 28.1 Å². The van der Waals surface area contributed by atoms with Crippen molar-refractivity contribution in [3.8, 4) is 23.0 Å². The number of rotatable bonds is 6. The Morgan fingerprint density at radius 1 is 0.933 bits per heavy atom.